The van der Waals surface area contributed by atoms with Crippen LogP contribution in [0.15, 0.2) is 24.3 Å². The number of nitrogens with zero attached hydrogens (tertiary/aromatic N) is 1. The maximum atomic E-state index is 12.7. The molecule has 0 bridgehead atoms. The van der Waals surface area contributed by atoms with E-state index in [0.29, 0.717) is 5.56 Å². The fourth-order valence-electron chi connectivity index (χ4n) is 1.44. The van der Waals surface area contributed by atoms with Crippen LogP contribution in [0.2, 0.25) is 0 Å². The molecule has 5 heteroatoms. The van der Waals surface area contributed by atoms with Gasteiger partial charge in [-0.1, -0.05) is 12.1 Å². The molecule has 0 fully saturated rings. The average molecular weight is 239 g/mol. The van der Waals surface area contributed by atoms with Crippen molar-refractivity contribution in [3.8, 4) is 0 Å². The molecule has 0 saturated carbocycles. The molecule has 1 unspecified atom stereocenters. The molecule has 1 aromatic rings. The van der Waals surface area contributed by atoms with E-state index in [0.717, 1.165) is 0 Å². The fraction of sp³-hybridized carbons (Fsp3) is 0.333. The van der Waals surface area contributed by atoms with Crippen LogP contribution in [-0.2, 0) is 16.1 Å². The molecule has 0 aliphatic carbocycles. The number of carboxylic acid groups (broad SMARTS) is 1. The molecule has 17 heavy (non-hydrogen) atoms. The van der Waals surface area contributed by atoms with Crippen molar-refractivity contribution >= 4 is 11.9 Å². The van der Waals surface area contributed by atoms with E-state index >= 15 is 0 Å². The number of carbonyl (C=O) groups excluding carboxylic acids is 1. The first kappa shape index (κ1) is 13.2. The summed E-state index contributed by atoms with van der Waals surface area (Å²) in [5.41, 5.74) is 0.690. The Hall–Kier alpha value is -1.91. The molecule has 0 aromatic heterocycles. The summed E-state index contributed by atoms with van der Waals surface area (Å²) in [5, 5.41) is 8.87. The molecule has 4 nitrogen and oxygen atoms in total. The maximum Gasteiger partial charge on any atom is 0.326 e. The van der Waals surface area contributed by atoms with E-state index in [1.807, 2.05) is 0 Å². The second kappa shape index (κ2) is 5.43. The number of aliphatic carboxylic acids is 1. The summed E-state index contributed by atoms with van der Waals surface area (Å²) >= 11 is 0. The standard InChI is InChI=1S/C12H14FNO3/c1-8(12(16)17)14(9(2)15)7-10-3-5-11(13)6-4-10/h3-6,8H,7H2,1-2H3,(H,16,17). The fourth-order valence-corrected chi connectivity index (χ4v) is 1.44. The Balaban J connectivity index is 2.84. The van der Waals surface area contributed by atoms with Crippen LogP contribution in [0, 0.1) is 5.82 Å². The summed E-state index contributed by atoms with van der Waals surface area (Å²) in [6, 6.07) is 4.70. The number of hydrogen-bond donors (Lipinski definition) is 1. The number of halogens is 1. The Morgan fingerprint density at radius 3 is 2.29 bits per heavy atom. The molecule has 0 spiro atoms. The van der Waals surface area contributed by atoms with Gasteiger partial charge < -0.3 is 10.0 Å². The number of carbonyl (C=O) groups is 2. The largest absolute Gasteiger partial charge is 0.480 e. The zero-order valence-electron chi connectivity index (χ0n) is 9.68. The molecule has 1 rings (SSSR count). The highest BCUT2D eigenvalue weighted by Gasteiger charge is 2.22. The number of carboxylic acids is 1. The van der Waals surface area contributed by atoms with E-state index in [1.165, 1.54) is 43.0 Å². The quantitative estimate of drug-likeness (QED) is 0.869. The highest BCUT2D eigenvalue weighted by atomic mass is 19.1. The first-order chi connectivity index (χ1) is 7.91. The van der Waals surface area contributed by atoms with Crippen molar-refractivity contribution < 1.29 is 19.1 Å². The summed E-state index contributed by atoms with van der Waals surface area (Å²) < 4.78 is 12.7. The van der Waals surface area contributed by atoms with Gasteiger partial charge in [-0.2, -0.15) is 0 Å². The van der Waals surface area contributed by atoms with Gasteiger partial charge in [-0.15, -0.1) is 0 Å². The van der Waals surface area contributed by atoms with E-state index in [1.54, 1.807) is 0 Å². The van der Waals surface area contributed by atoms with Gasteiger partial charge in [0, 0.05) is 13.5 Å². The minimum atomic E-state index is -1.07. The molecule has 1 N–H and O–H groups in total. The summed E-state index contributed by atoms with van der Waals surface area (Å²) in [6.45, 7) is 2.90. The van der Waals surface area contributed by atoms with E-state index in [4.69, 9.17) is 5.11 Å². The van der Waals surface area contributed by atoms with Crippen LogP contribution in [0.3, 0.4) is 0 Å². The molecular formula is C12H14FNO3. The molecule has 1 aromatic carbocycles. The lowest BCUT2D eigenvalue weighted by atomic mass is 10.1. The van der Waals surface area contributed by atoms with Gasteiger partial charge in [-0.25, -0.2) is 9.18 Å². The van der Waals surface area contributed by atoms with Crippen LogP contribution in [0.25, 0.3) is 0 Å². The molecule has 92 valence electrons. The minimum absolute atomic E-state index is 0.156. The summed E-state index contributed by atoms with van der Waals surface area (Å²) in [7, 11) is 0. The SMILES string of the molecule is CC(=O)N(Cc1ccc(F)cc1)C(C)C(=O)O. The van der Waals surface area contributed by atoms with E-state index in [-0.39, 0.29) is 18.3 Å². The minimum Gasteiger partial charge on any atom is -0.480 e. The zero-order valence-corrected chi connectivity index (χ0v) is 9.68. The molecule has 0 saturated heterocycles. The van der Waals surface area contributed by atoms with E-state index in [2.05, 4.69) is 0 Å². The molecule has 1 atom stereocenters. The van der Waals surface area contributed by atoms with Crippen molar-refractivity contribution in [1.29, 1.82) is 0 Å². The molecule has 0 heterocycles. The first-order valence-electron chi connectivity index (χ1n) is 5.16. The highest BCUT2D eigenvalue weighted by Crippen LogP contribution is 2.10. The van der Waals surface area contributed by atoms with Gasteiger partial charge in [0.15, 0.2) is 0 Å². The van der Waals surface area contributed by atoms with Crippen molar-refractivity contribution in [2.45, 2.75) is 26.4 Å². The van der Waals surface area contributed by atoms with Crippen LogP contribution in [-0.4, -0.2) is 27.9 Å². The lowest BCUT2D eigenvalue weighted by Crippen LogP contribution is -2.41. The Morgan fingerprint density at radius 1 is 1.35 bits per heavy atom. The van der Waals surface area contributed by atoms with Crippen molar-refractivity contribution in [3.63, 3.8) is 0 Å². The van der Waals surface area contributed by atoms with Crippen LogP contribution in [0.1, 0.15) is 19.4 Å². The van der Waals surface area contributed by atoms with Gasteiger partial charge in [0.25, 0.3) is 0 Å². The topological polar surface area (TPSA) is 57.6 Å². The summed E-state index contributed by atoms with van der Waals surface area (Å²) in [5.74, 6) is -1.76. The Kier molecular flexibility index (Phi) is 4.20. The molecule has 1 amide bonds. The van der Waals surface area contributed by atoms with Gasteiger partial charge in [0.1, 0.15) is 11.9 Å². The van der Waals surface area contributed by atoms with Crippen molar-refractivity contribution in [1.82, 2.24) is 4.90 Å². The number of rotatable bonds is 4. The highest BCUT2D eigenvalue weighted by molar-refractivity contribution is 5.81. The van der Waals surface area contributed by atoms with Gasteiger partial charge in [-0.3, -0.25) is 4.79 Å². The number of amides is 1. The van der Waals surface area contributed by atoms with Gasteiger partial charge >= 0.3 is 5.97 Å². The number of benzene rings is 1. The lowest BCUT2D eigenvalue weighted by molar-refractivity contribution is -0.149. The summed E-state index contributed by atoms with van der Waals surface area (Å²) in [6.07, 6.45) is 0. The van der Waals surface area contributed by atoms with Crippen LogP contribution >= 0.6 is 0 Å². The third-order valence-electron chi connectivity index (χ3n) is 2.50. The normalized spacial score (nSPS) is 11.9. The first-order valence-corrected chi connectivity index (χ1v) is 5.16. The summed E-state index contributed by atoms with van der Waals surface area (Å²) in [4.78, 5) is 23.4. The van der Waals surface area contributed by atoms with Gasteiger partial charge in [0.05, 0.1) is 0 Å². The number of hydrogen-bond acceptors (Lipinski definition) is 2. The van der Waals surface area contributed by atoms with Crippen molar-refractivity contribution in [3.05, 3.63) is 35.6 Å². The Labute approximate surface area is 98.7 Å². The van der Waals surface area contributed by atoms with Crippen LogP contribution < -0.4 is 0 Å². The zero-order chi connectivity index (χ0) is 13.0. The smallest absolute Gasteiger partial charge is 0.326 e. The van der Waals surface area contributed by atoms with Gasteiger partial charge in [0.2, 0.25) is 5.91 Å². The molecule has 0 aliphatic rings. The van der Waals surface area contributed by atoms with Gasteiger partial charge in [-0.05, 0) is 24.6 Å². The van der Waals surface area contributed by atoms with Crippen LogP contribution in [0.5, 0.6) is 0 Å². The van der Waals surface area contributed by atoms with E-state index < -0.39 is 12.0 Å². The Bertz CT molecular complexity index is 416. The van der Waals surface area contributed by atoms with Crippen molar-refractivity contribution in [2.75, 3.05) is 0 Å². The molecule has 0 radical (unpaired) electrons. The third kappa shape index (κ3) is 3.55. The predicted octanol–water partition coefficient (Wildman–Crippen LogP) is 1.65. The lowest BCUT2D eigenvalue weighted by Gasteiger charge is -2.25. The maximum absolute atomic E-state index is 12.7. The van der Waals surface area contributed by atoms with Crippen LogP contribution in [0.4, 0.5) is 4.39 Å². The van der Waals surface area contributed by atoms with E-state index in [9.17, 15) is 14.0 Å². The molecular weight excluding hydrogens is 225 g/mol. The van der Waals surface area contributed by atoms with Crippen molar-refractivity contribution in [2.24, 2.45) is 0 Å². The monoisotopic (exact) mass is 239 g/mol. The third-order valence-corrected chi connectivity index (χ3v) is 2.50. The second-order valence-electron chi connectivity index (χ2n) is 3.79. The average Bonchev–Trinajstić information content (AvgIpc) is 2.26. The second-order valence-corrected chi connectivity index (χ2v) is 3.79. The molecule has 0 aliphatic heterocycles. The predicted molar refractivity (Wildman–Crippen MR) is 59.7 cm³/mol. The Morgan fingerprint density at radius 2 is 1.88 bits per heavy atom.